The van der Waals surface area contributed by atoms with E-state index in [0.29, 0.717) is 11.3 Å². The SMILES string of the molecule is COc1ccc(CC(=O)c2cccc(C)n2)cc1F. The highest BCUT2D eigenvalue weighted by molar-refractivity contribution is 5.95. The van der Waals surface area contributed by atoms with Crippen molar-refractivity contribution >= 4 is 5.78 Å². The van der Waals surface area contributed by atoms with Crippen LogP contribution in [-0.2, 0) is 6.42 Å². The molecule has 0 radical (unpaired) electrons. The van der Waals surface area contributed by atoms with Crippen molar-refractivity contribution in [1.82, 2.24) is 4.98 Å². The van der Waals surface area contributed by atoms with E-state index >= 15 is 0 Å². The van der Waals surface area contributed by atoms with Gasteiger partial charge in [0.15, 0.2) is 17.3 Å². The number of Topliss-reactive ketones (excluding diaryl/α,β-unsaturated/α-hetero) is 1. The van der Waals surface area contributed by atoms with Gasteiger partial charge in [-0.1, -0.05) is 12.1 Å². The summed E-state index contributed by atoms with van der Waals surface area (Å²) >= 11 is 0. The van der Waals surface area contributed by atoms with Gasteiger partial charge in [0.1, 0.15) is 5.69 Å². The van der Waals surface area contributed by atoms with E-state index in [0.717, 1.165) is 5.69 Å². The van der Waals surface area contributed by atoms with Crippen LogP contribution in [0.3, 0.4) is 0 Å². The number of rotatable bonds is 4. The molecule has 0 N–H and O–H groups in total. The number of halogens is 1. The molecule has 0 spiro atoms. The van der Waals surface area contributed by atoms with E-state index in [1.54, 1.807) is 18.2 Å². The third-order valence-corrected chi connectivity index (χ3v) is 2.75. The summed E-state index contributed by atoms with van der Waals surface area (Å²) in [5.74, 6) is -0.428. The predicted molar refractivity (Wildman–Crippen MR) is 70.0 cm³/mol. The molecule has 19 heavy (non-hydrogen) atoms. The number of methoxy groups -OCH3 is 1. The highest BCUT2D eigenvalue weighted by atomic mass is 19.1. The molecule has 2 rings (SSSR count). The van der Waals surface area contributed by atoms with E-state index in [1.165, 1.54) is 19.2 Å². The van der Waals surface area contributed by atoms with Gasteiger partial charge in [-0.05, 0) is 36.8 Å². The van der Waals surface area contributed by atoms with Crippen LogP contribution in [0, 0.1) is 12.7 Å². The molecule has 2 aromatic rings. The molecule has 0 aliphatic heterocycles. The van der Waals surface area contributed by atoms with E-state index in [4.69, 9.17) is 4.74 Å². The summed E-state index contributed by atoms with van der Waals surface area (Å²) in [6, 6.07) is 9.77. The summed E-state index contributed by atoms with van der Waals surface area (Å²) in [6.07, 6.45) is 0.122. The van der Waals surface area contributed by atoms with Crippen LogP contribution >= 0.6 is 0 Å². The zero-order chi connectivity index (χ0) is 13.8. The lowest BCUT2D eigenvalue weighted by Gasteiger charge is -2.05. The Morgan fingerprint density at radius 2 is 2.11 bits per heavy atom. The number of hydrogen-bond acceptors (Lipinski definition) is 3. The number of ether oxygens (including phenoxy) is 1. The molecule has 0 fully saturated rings. The van der Waals surface area contributed by atoms with Gasteiger partial charge in [0.05, 0.1) is 7.11 Å². The van der Waals surface area contributed by atoms with Gasteiger partial charge < -0.3 is 4.74 Å². The molecular weight excluding hydrogens is 245 g/mol. The Bertz CT molecular complexity index is 611. The molecule has 98 valence electrons. The zero-order valence-electron chi connectivity index (χ0n) is 10.8. The highest BCUT2D eigenvalue weighted by Crippen LogP contribution is 2.18. The Labute approximate surface area is 111 Å². The Balaban J connectivity index is 2.17. The van der Waals surface area contributed by atoms with E-state index in [9.17, 15) is 9.18 Å². The fourth-order valence-electron chi connectivity index (χ4n) is 1.79. The Morgan fingerprint density at radius 1 is 1.32 bits per heavy atom. The Hall–Kier alpha value is -2.23. The summed E-state index contributed by atoms with van der Waals surface area (Å²) in [6.45, 7) is 1.82. The maximum absolute atomic E-state index is 13.5. The monoisotopic (exact) mass is 259 g/mol. The minimum Gasteiger partial charge on any atom is -0.494 e. The number of benzene rings is 1. The van der Waals surface area contributed by atoms with Crippen LogP contribution in [0.25, 0.3) is 0 Å². The quantitative estimate of drug-likeness (QED) is 0.792. The molecule has 0 aliphatic rings. The first-order valence-corrected chi connectivity index (χ1v) is 5.89. The second kappa shape index (κ2) is 5.61. The van der Waals surface area contributed by atoms with Gasteiger partial charge in [-0.25, -0.2) is 4.39 Å². The summed E-state index contributed by atoms with van der Waals surface area (Å²) in [7, 11) is 1.40. The summed E-state index contributed by atoms with van der Waals surface area (Å²) in [4.78, 5) is 16.2. The van der Waals surface area contributed by atoms with Crippen LogP contribution in [0.2, 0.25) is 0 Å². The first kappa shape index (κ1) is 13.2. The Kier molecular flexibility index (Phi) is 3.90. The van der Waals surface area contributed by atoms with Crippen molar-refractivity contribution in [3.05, 3.63) is 59.2 Å². The maximum atomic E-state index is 13.5. The lowest BCUT2D eigenvalue weighted by Crippen LogP contribution is -2.07. The number of carbonyl (C=O) groups is 1. The molecule has 3 nitrogen and oxygen atoms in total. The lowest BCUT2D eigenvalue weighted by molar-refractivity contribution is 0.0988. The van der Waals surface area contributed by atoms with E-state index < -0.39 is 5.82 Å². The molecule has 0 saturated heterocycles. The molecule has 1 aromatic heterocycles. The van der Waals surface area contributed by atoms with Gasteiger partial charge >= 0.3 is 0 Å². The van der Waals surface area contributed by atoms with Crippen LogP contribution in [0.1, 0.15) is 21.7 Å². The average molecular weight is 259 g/mol. The van der Waals surface area contributed by atoms with Crippen molar-refractivity contribution in [2.75, 3.05) is 7.11 Å². The second-order valence-corrected chi connectivity index (χ2v) is 4.23. The van der Waals surface area contributed by atoms with Crippen LogP contribution in [0.4, 0.5) is 4.39 Å². The number of pyridine rings is 1. The smallest absolute Gasteiger partial charge is 0.185 e. The number of ketones is 1. The van der Waals surface area contributed by atoms with Gasteiger partial charge in [0.25, 0.3) is 0 Å². The van der Waals surface area contributed by atoms with Gasteiger partial charge in [-0.15, -0.1) is 0 Å². The van der Waals surface area contributed by atoms with Crippen LogP contribution in [-0.4, -0.2) is 17.9 Å². The van der Waals surface area contributed by atoms with Crippen molar-refractivity contribution in [3.8, 4) is 5.75 Å². The largest absolute Gasteiger partial charge is 0.494 e. The van der Waals surface area contributed by atoms with Gasteiger partial charge in [-0.2, -0.15) is 0 Å². The molecule has 0 bridgehead atoms. The van der Waals surface area contributed by atoms with Crippen LogP contribution < -0.4 is 4.74 Å². The molecule has 0 unspecified atom stereocenters. The molecule has 4 heteroatoms. The normalized spacial score (nSPS) is 10.3. The van der Waals surface area contributed by atoms with E-state index in [-0.39, 0.29) is 18.0 Å². The second-order valence-electron chi connectivity index (χ2n) is 4.23. The zero-order valence-corrected chi connectivity index (χ0v) is 10.8. The number of aryl methyl sites for hydroxylation is 1. The number of hydrogen-bond donors (Lipinski definition) is 0. The molecule has 0 amide bonds. The fourth-order valence-corrected chi connectivity index (χ4v) is 1.79. The standard InChI is InChI=1S/C15H14FNO2/c1-10-4-3-5-13(17-10)14(18)9-11-6-7-15(19-2)12(16)8-11/h3-8H,9H2,1-2H3. The third-order valence-electron chi connectivity index (χ3n) is 2.75. The first-order valence-electron chi connectivity index (χ1n) is 5.89. The van der Waals surface area contributed by atoms with Crippen molar-refractivity contribution in [3.63, 3.8) is 0 Å². The summed E-state index contributed by atoms with van der Waals surface area (Å²) in [5, 5.41) is 0. The van der Waals surface area contributed by atoms with Crippen molar-refractivity contribution in [2.45, 2.75) is 13.3 Å². The summed E-state index contributed by atoms with van der Waals surface area (Å²) in [5.41, 5.74) is 1.79. The van der Waals surface area contributed by atoms with Crippen molar-refractivity contribution < 1.29 is 13.9 Å². The minimum atomic E-state index is -0.468. The number of carbonyl (C=O) groups excluding carboxylic acids is 1. The molecule has 0 aliphatic carbocycles. The number of nitrogens with zero attached hydrogens (tertiary/aromatic N) is 1. The molecule has 0 saturated carbocycles. The minimum absolute atomic E-state index is 0.122. The van der Waals surface area contributed by atoms with Gasteiger partial charge in [0, 0.05) is 12.1 Å². The van der Waals surface area contributed by atoms with Gasteiger partial charge in [0.2, 0.25) is 0 Å². The van der Waals surface area contributed by atoms with Crippen LogP contribution in [0.5, 0.6) is 5.75 Å². The maximum Gasteiger partial charge on any atom is 0.185 e. The van der Waals surface area contributed by atoms with Crippen LogP contribution in [0.15, 0.2) is 36.4 Å². The van der Waals surface area contributed by atoms with E-state index in [2.05, 4.69) is 4.98 Å². The first-order chi connectivity index (χ1) is 9.10. The van der Waals surface area contributed by atoms with E-state index in [1.807, 2.05) is 13.0 Å². The number of aromatic nitrogens is 1. The predicted octanol–water partition coefficient (Wildman–Crippen LogP) is 2.96. The topological polar surface area (TPSA) is 39.2 Å². The highest BCUT2D eigenvalue weighted by Gasteiger charge is 2.10. The Morgan fingerprint density at radius 3 is 2.74 bits per heavy atom. The van der Waals surface area contributed by atoms with Gasteiger partial charge in [-0.3, -0.25) is 9.78 Å². The average Bonchev–Trinajstić information content (AvgIpc) is 2.39. The molecule has 1 aromatic carbocycles. The summed E-state index contributed by atoms with van der Waals surface area (Å²) < 4.78 is 18.3. The van der Waals surface area contributed by atoms with Crippen molar-refractivity contribution in [1.29, 1.82) is 0 Å². The molecular formula is C15H14FNO2. The third kappa shape index (κ3) is 3.16. The molecule has 0 atom stereocenters. The lowest BCUT2D eigenvalue weighted by atomic mass is 10.1. The molecule has 1 heterocycles. The van der Waals surface area contributed by atoms with Crippen molar-refractivity contribution in [2.24, 2.45) is 0 Å². The fraction of sp³-hybridized carbons (Fsp3) is 0.200.